The Bertz CT molecular complexity index is 187. The molecule has 0 unspecified atom stereocenters. The van der Waals surface area contributed by atoms with E-state index in [4.69, 9.17) is 0 Å². The Morgan fingerprint density at radius 1 is 1.46 bits per heavy atom. The topological polar surface area (TPSA) is 47.5 Å². The summed E-state index contributed by atoms with van der Waals surface area (Å²) < 4.78 is 15.5. The maximum atomic E-state index is 11.6. The lowest BCUT2D eigenvalue weighted by Gasteiger charge is -2.19. The molecule has 2 atom stereocenters. The van der Waals surface area contributed by atoms with E-state index in [0.717, 1.165) is 5.71 Å². The summed E-state index contributed by atoms with van der Waals surface area (Å²) in [5.74, 6) is 0. The molecular formula is C9H20N2OS. The molecular weight excluding hydrogens is 184 g/mol. The minimum Gasteiger partial charge on any atom is -0.591 e. The predicted molar refractivity (Wildman–Crippen MR) is 59.5 cm³/mol. The molecule has 0 saturated heterocycles. The van der Waals surface area contributed by atoms with E-state index in [1.807, 2.05) is 41.7 Å². The Kier molecular flexibility index (Phi) is 4.96. The van der Waals surface area contributed by atoms with Crippen LogP contribution in [0.4, 0.5) is 0 Å². The van der Waals surface area contributed by atoms with E-state index < -0.39 is 11.4 Å². The van der Waals surface area contributed by atoms with Gasteiger partial charge in [-0.3, -0.25) is 0 Å². The Hall–Kier alpha value is -0.0600. The quantitative estimate of drug-likeness (QED) is 0.559. The SMILES string of the molecule is CN[C@@H](C)/C(C)=N/[S@+]([O-])C(C)(C)C. The molecule has 0 saturated carbocycles. The fourth-order valence-corrected chi connectivity index (χ4v) is 1.25. The second-order valence-electron chi connectivity index (χ2n) is 4.10. The van der Waals surface area contributed by atoms with Gasteiger partial charge in [0.1, 0.15) is 16.1 Å². The molecule has 0 radical (unpaired) electrons. The maximum Gasteiger partial charge on any atom is 0.144 e. The van der Waals surface area contributed by atoms with Crippen LogP contribution in [0.5, 0.6) is 0 Å². The highest BCUT2D eigenvalue weighted by Gasteiger charge is 2.27. The van der Waals surface area contributed by atoms with Crippen molar-refractivity contribution in [2.45, 2.75) is 45.4 Å². The molecule has 0 bridgehead atoms. The van der Waals surface area contributed by atoms with E-state index in [9.17, 15) is 4.55 Å². The van der Waals surface area contributed by atoms with Crippen LogP contribution in [-0.4, -0.2) is 28.1 Å². The second kappa shape index (κ2) is 4.98. The van der Waals surface area contributed by atoms with Gasteiger partial charge in [0.25, 0.3) is 0 Å². The molecule has 0 aromatic rings. The Morgan fingerprint density at radius 2 is 1.92 bits per heavy atom. The zero-order valence-electron chi connectivity index (χ0n) is 9.34. The molecule has 0 aromatic carbocycles. The van der Waals surface area contributed by atoms with Crippen LogP contribution in [0.25, 0.3) is 0 Å². The third-order valence-corrected chi connectivity index (χ3v) is 3.31. The largest absolute Gasteiger partial charge is 0.591 e. The second-order valence-corrected chi connectivity index (χ2v) is 6.01. The van der Waals surface area contributed by atoms with Gasteiger partial charge in [0.15, 0.2) is 0 Å². The monoisotopic (exact) mass is 204 g/mol. The van der Waals surface area contributed by atoms with Crippen LogP contribution in [0.2, 0.25) is 0 Å². The Balaban J connectivity index is 4.39. The number of nitrogens with one attached hydrogen (secondary N) is 1. The molecule has 0 rings (SSSR count). The zero-order valence-corrected chi connectivity index (χ0v) is 10.2. The summed E-state index contributed by atoms with van der Waals surface area (Å²) in [5.41, 5.74) is 0.885. The summed E-state index contributed by atoms with van der Waals surface area (Å²) in [6.45, 7) is 9.65. The van der Waals surface area contributed by atoms with Crippen molar-refractivity contribution in [3.63, 3.8) is 0 Å². The summed E-state index contributed by atoms with van der Waals surface area (Å²) in [6.07, 6.45) is 0. The van der Waals surface area contributed by atoms with Gasteiger partial charge in [-0.1, -0.05) is 4.40 Å². The van der Waals surface area contributed by atoms with Gasteiger partial charge in [-0.2, -0.15) is 0 Å². The normalized spacial score (nSPS) is 18.5. The predicted octanol–water partition coefficient (Wildman–Crippen LogP) is 1.52. The van der Waals surface area contributed by atoms with Gasteiger partial charge in [0.2, 0.25) is 0 Å². The van der Waals surface area contributed by atoms with E-state index in [1.165, 1.54) is 0 Å². The molecule has 0 fully saturated rings. The van der Waals surface area contributed by atoms with Crippen LogP contribution >= 0.6 is 0 Å². The Labute approximate surface area is 84.3 Å². The van der Waals surface area contributed by atoms with Crippen LogP contribution in [0.15, 0.2) is 4.40 Å². The van der Waals surface area contributed by atoms with E-state index >= 15 is 0 Å². The van der Waals surface area contributed by atoms with E-state index in [2.05, 4.69) is 9.71 Å². The average molecular weight is 204 g/mol. The van der Waals surface area contributed by atoms with Gasteiger partial charge < -0.3 is 9.87 Å². The fourth-order valence-electron chi connectivity index (χ4n) is 0.556. The van der Waals surface area contributed by atoms with Gasteiger partial charge >= 0.3 is 0 Å². The summed E-state index contributed by atoms with van der Waals surface area (Å²) in [7, 11) is 1.86. The summed E-state index contributed by atoms with van der Waals surface area (Å²) in [6, 6.07) is 0.186. The smallest absolute Gasteiger partial charge is 0.144 e. The molecule has 3 nitrogen and oxygen atoms in total. The fraction of sp³-hybridized carbons (Fsp3) is 0.889. The lowest BCUT2D eigenvalue weighted by Crippen LogP contribution is -2.32. The van der Waals surface area contributed by atoms with E-state index in [-0.39, 0.29) is 10.8 Å². The van der Waals surface area contributed by atoms with Crippen molar-refractivity contribution in [2.24, 2.45) is 4.40 Å². The first-order chi connectivity index (χ1) is 5.79. The van der Waals surface area contributed by atoms with Gasteiger partial charge in [-0.05, 0) is 41.7 Å². The molecule has 78 valence electrons. The van der Waals surface area contributed by atoms with Crippen molar-refractivity contribution in [3.8, 4) is 0 Å². The van der Waals surface area contributed by atoms with Gasteiger partial charge in [-0.25, -0.2) is 0 Å². The van der Waals surface area contributed by atoms with Crippen LogP contribution in [0.3, 0.4) is 0 Å². The molecule has 0 aromatic heterocycles. The molecule has 13 heavy (non-hydrogen) atoms. The number of nitrogens with zero attached hydrogens (tertiary/aromatic N) is 1. The highest BCUT2D eigenvalue weighted by molar-refractivity contribution is 7.91. The van der Waals surface area contributed by atoms with E-state index in [1.54, 1.807) is 0 Å². The minimum atomic E-state index is -1.14. The van der Waals surface area contributed by atoms with Crippen LogP contribution in [0, 0.1) is 0 Å². The minimum absolute atomic E-state index is 0.186. The van der Waals surface area contributed by atoms with Crippen molar-refractivity contribution in [1.82, 2.24) is 5.32 Å². The standard InChI is InChI=1S/C9H20N2OS/c1-7(10-6)8(2)11-13(12)9(3,4)5/h7,10H,1-6H3/b11-8+/t7-,13+/m0/s1. The maximum absolute atomic E-state index is 11.6. The van der Waals surface area contributed by atoms with Gasteiger partial charge in [-0.15, -0.1) is 0 Å². The summed E-state index contributed by atoms with van der Waals surface area (Å²) in [4.78, 5) is 0. The van der Waals surface area contributed by atoms with Crippen molar-refractivity contribution in [3.05, 3.63) is 0 Å². The van der Waals surface area contributed by atoms with Gasteiger partial charge in [0, 0.05) is 6.04 Å². The zero-order chi connectivity index (χ0) is 10.6. The molecule has 0 aliphatic carbocycles. The highest BCUT2D eigenvalue weighted by Crippen LogP contribution is 2.17. The number of hydrogen-bond acceptors (Lipinski definition) is 3. The lowest BCUT2D eigenvalue weighted by molar-refractivity contribution is 0.561. The average Bonchev–Trinajstić information content (AvgIpc) is 2.01. The number of hydrogen-bond donors (Lipinski definition) is 1. The lowest BCUT2D eigenvalue weighted by atomic mass is 10.2. The van der Waals surface area contributed by atoms with Gasteiger partial charge in [0.05, 0.1) is 5.71 Å². The number of rotatable bonds is 3. The van der Waals surface area contributed by atoms with Crippen molar-refractivity contribution in [2.75, 3.05) is 7.05 Å². The molecule has 1 N–H and O–H groups in total. The van der Waals surface area contributed by atoms with Crippen LogP contribution in [0.1, 0.15) is 34.6 Å². The third kappa shape index (κ3) is 4.64. The third-order valence-electron chi connectivity index (χ3n) is 1.81. The van der Waals surface area contributed by atoms with Crippen molar-refractivity contribution >= 4 is 17.1 Å². The van der Waals surface area contributed by atoms with Crippen molar-refractivity contribution in [1.29, 1.82) is 0 Å². The summed E-state index contributed by atoms with van der Waals surface area (Å²) in [5, 5.41) is 3.06. The highest BCUT2D eigenvalue weighted by atomic mass is 32.2. The first-order valence-electron chi connectivity index (χ1n) is 4.43. The summed E-state index contributed by atoms with van der Waals surface area (Å²) >= 11 is -1.14. The van der Waals surface area contributed by atoms with Crippen LogP contribution in [-0.2, 0) is 11.4 Å². The molecule has 0 heterocycles. The van der Waals surface area contributed by atoms with Crippen molar-refractivity contribution < 1.29 is 4.55 Å². The molecule has 0 amide bonds. The molecule has 0 spiro atoms. The molecule has 0 aliphatic heterocycles. The molecule has 4 heteroatoms. The van der Waals surface area contributed by atoms with Crippen LogP contribution < -0.4 is 5.32 Å². The Morgan fingerprint density at radius 3 is 2.23 bits per heavy atom. The first-order valence-corrected chi connectivity index (χ1v) is 5.54. The molecule has 0 aliphatic rings. The first kappa shape index (κ1) is 12.9. The van der Waals surface area contributed by atoms with E-state index in [0.29, 0.717) is 0 Å².